The molecule has 1 aromatic heterocycles. The molecule has 0 amide bonds. The molecule has 0 aliphatic rings. The average Bonchev–Trinajstić information content (AvgIpc) is 1.59. The molecule has 10 heavy (non-hydrogen) atoms. The Labute approximate surface area is 117 Å². The monoisotopic (exact) mass is 217 g/mol. The first-order chi connectivity index (χ1) is 4.18. The summed E-state index contributed by atoms with van der Waals surface area (Å²) in [5.41, 5.74) is 0. The molecular weight excluding hydrogens is 213 g/mol. The van der Waals surface area contributed by atoms with Crippen molar-refractivity contribution in [2.24, 2.45) is 0 Å². The molecule has 0 spiro atoms. The van der Waals surface area contributed by atoms with Crippen LogP contribution in [0.15, 0.2) is 0 Å². The number of aromatic nitrogens is 3. The molecule has 3 nitrogen and oxygen atoms in total. The molecule has 0 saturated carbocycles. The molecule has 50 valence electrons. The van der Waals surface area contributed by atoms with Gasteiger partial charge in [0.2, 0.25) is 0 Å². The molecule has 0 atom stereocenters. The number of hydrogen-bond donors (Lipinski definition) is 3. The van der Waals surface area contributed by atoms with Gasteiger partial charge in [0.1, 0.15) is 0 Å². The Kier molecular flexibility index (Phi) is 5.70. The molecule has 0 bridgehead atoms. The molecule has 0 saturated heterocycles. The standard InChI is InChI=1S/C3H3N3S3.K.H/c7-1-4-2(8)6-3(9)5-1;;/h(H3,4,5,6,7,8,9);;/q;+1;-1. The van der Waals surface area contributed by atoms with Gasteiger partial charge in [-0.2, -0.15) is 0 Å². The summed E-state index contributed by atoms with van der Waals surface area (Å²) in [4.78, 5) is 7.99. The van der Waals surface area contributed by atoms with Crippen molar-refractivity contribution >= 4 is 36.7 Å². The van der Waals surface area contributed by atoms with E-state index >= 15 is 0 Å². The predicted molar refractivity (Wildman–Crippen MR) is 43.1 cm³/mol. The van der Waals surface area contributed by atoms with Crippen molar-refractivity contribution in [1.82, 2.24) is 15.0 Å². The van der Waals surface area contributed by atoms with Crippen LogP contribution in [0.4, 0.5) is 0 Å². The Balaban J connectivity index is 0. The van der Waals surface area contributed by atoms with E-state index in [1.54, 1.807) is 0 Å². The number of rotatable bonds is 0. The van der Waals surface area contributed by atoms with Gasteiger partial charge in [0.05, 0.1) is 0 Å². The first kappa shape index (κ1) is 11.3. The third-order valence-corrected chi connectivity index (χ3v) is 1.29. The molecule has 0 radical (unpaired) electrons. The molecule has 0 aromatic carbocycles. The van der Waals surface area contributed by atoms with Gasteiger partial charge >= 0.3 is 51.4 Å². The van der Waals surface area contributed by atoms with E-state index < -0.39 is 0 Å². The quantitative estimate of drug-likeness (QED) is 0.385. The zero-order valence-corrected chi connectivity index (χ0v) is 10.8. The normalized spacial score (nSPS) is 8.40. The van der Waals surface area contributed by atoms with E-state index in [0.717, 1.165) is 0 Å². The van der Waals surface area contributed by atoms with Gasteiger partial charge in [-0.25, -0.2) is 0 Å². The van der Waals surface area contributed by atoms with Gasteiger partial charge in [0.15, 0.2) is 14.3 Å². The summed E-state index contributed by atoms with van der Waals surface area (Å²) < 4.78 is 1.34. The summed E-state index contributed by atoms with van der Waals surface area (Å²) in [6.07, 6.45) is 0. The van der Waals surface area contributed by atoms with Crippen molar-refractivity contribution in [2.45, 2.75) is 0 Å². The fourth-order valence-corrected chi connectivity index (χ4v) is 1.21. The summed E-state index contributed by atoms with van der Waals surface area (Å²) in [6.45, 7) is 0. The second-order valence-corrected chi connectivity index (χ2v) is 2.59. The van der Waals surface area contributed by atoms with E-state index in [1.807, 2.05) is 0 Å². The van der Waals surface area contributed by atoms with Crippen LogP contribution < -0.4 is 51.4 Å². The van der Waals surface area contributed by atoms with Gasteiger partial charge < -0.3 is 16.4 Å². The van der Waals surface area contributed by atoms with Crippen LogP contribution in [0.1, 0.15) is 1.43 Å². The molecule has 0 fully saturated rings. The van der Waals surface area contributed by atoms with Crippen LogP contribution in [0.3, 0.4) is 0 Å². The van der Waals surface area contributed by atoms with Crippen molar-refractivity contribution in [3.05, 3.63) is 14.3 Å². The predicted octanol–water partition coefficient (Wildman–Crippen LogP) is -1.02. The van der Waals surface area contributed by atoms with Gasteiger partial charge in [-0.3, -0.25) is 0 Å². The largest absolute Gasteiger partial charge is 1.00 e. The summed E-state index contributed by atoms with van der Waals surface area (Å²) in [7, 11) is 0. The second kappa shape index (κ2) is 5.04. The van der Waals surface area contributed by atoms with Crippen molar-refractivity contribution in [1.29, 1.82) is 0 Å². The topological polar surface area (TPSA) is 47.4 Å². The van der Waals surface area contributed by atoms with Crippen molar-refractivity contribution in [3.63, 3.8) is 0 Å². The Bertz CT molecular complexity index is 286. The van der Waals surface area contributed by atoms with Gasteiger partial charge in [-0.15, -0.1) is 0 Å². The maximum absolute atomic E-state index is 4.72. The van der Waals surface area contributed by atoms with E-state index in [0.29, 0.717) is 14.3 Å². The van der Waals surface area contributed by atoms with Gasteiger partial charge in [-0.1, -0.05) is 0 Å². The molecule has 1 rings (SSSR count). The molecule has 0 unspecified atom stereocenters. The third kappa shape index (κ3) is 3.63. The molecular formula is C3H4KN3S3. The van der Waals surface area contributed by atoms with Gasteiger partial charge in [-0.05, 0) is 36.7 Å². The first-order valence-corrected chi connectivity index (χ1v) is 3.34. The molecule has 1 aromatic rings. The van der Waals surface area contributed by atoms with Crippen molar-refractivity contribution in [2.75, 3.05) is 0 Å². The minimum atomic E-state index is 0. The second-order valence-electron chi connectivity index (χ2n) is 1.36. The Hall–Kier alpha value is 1.31. The van der Waals surface area contributed by atoms with Crippen LogP contribution in [0, 0.1) is 14.3 Å². The summed E-state index contributed by atoms with van der Waals surface area (Å²) in [5, 5.41) is 0. The van der Waals surface area contributed by atoms with Crippen LogP contribution >= 0.6 is 36.7 Å². The maximum Gasteiger partial charge on any atom is 1.00 e. The van der Waals surface area contributed by atoms with E-state index in [1.165, 1.54) is 0 Å². The molecule has 1 heterocycles. The molecule has 3 N–H and O–H groups in total. The zero-order valence-electron chi connectivity index (χ0n) is 6.22. The van der Waals surface area contributed by atoms with Crippen molar-refractivity contribution in [3.8, 4) is 0 Å². The van der Waals surface area contributed by atoms with Gasteiger partial charge in [0.25, 0.3) is 0 Å². The van der Waals surface area contributed by atoms with E-state index in [4.69, 9.17) is 36.7 Å². The van der Waals surface area contributed by atoms with E-state index in [2.05, 4.69) is 15.0 Å². The van der Waals surface area contributed by atoms with Crippen LogP contribution in [0.25, 0.3) is 0 Å². The van der Waals surface area contributed by atoms with Crippen LogP contribution in [0.5, 0.6) is 0 Å². The zero-order chi connectivity index (χ0) is 6.85. The average molecular weight is 217 g/mol. The minimum Gasteiger partial charge on any atom is -1.00 e. The SMILES string of the molecule is S=c1[nH]c(=S)[nH]c(=S)[nH]1.[H-].[K+]. The van der Waals surface area contributed by atoms with E-state index in [9.17, 15) is 0 Å². The van der Waals surface area contributed by atoms with Crippen molar-refractivity contribution < 1.29 is 52.8 Å². The number of H-pyrrole nitrogens is 3. The summed E-state index contributed by atoms with van der Waals surface area (Å²) in [5.74, 6) is 0. The molecule has 7 heteroatoms. The minimum absolute atomic E-state index is 0. The van der Waals surface area contributed by atoms with Crippen LogP contribution in [-0.2, 0) is 0 Å². The number of hydrogen-bond acceptors (Lipinski definition) is 3. The Morgan fingerprint density at radius 1 is 0.800 bits per heavy atom. The summed E-state index contributed by atoms with van der Waals surface area (Å²) >= 11 is 14.2. The fourth-order valence-electron chi connectivity index (χ4n) is 0.403. The molecule has 0 aliphatic heterocycles. The Morgan fingerprint density at radius 2 is 1.00 bits per heavy atom. The smallest absolute Gasteiger partial charge is 1.00 e. The summed E-state index contributed by atoms with van der Waals surface area (Å²) in [6, 6.07) is 0. The van der Waals surface area contributed by atoms with E-state index in [-0.39, 0.29) is 52.8 Å². The van der Waals surface area contributed by atoms with Crippen LogP contribution in [-0.4, -0.2) is 15.0 Å². The molecule has 0 aliphatic carbocycles. The Morgan fingerprint density at radius 3 is 1.20 bits per heavy atom. The number of aromatic amines is 3. The third-order valence-electron chi connectivity index (χ3n) is 0.681. The number of nitrogens with one attached hydrogen (secondary N) is 3. The fraction of sp³-hybridized carbons (Fsp3) is 0. The maximum atomic E-state index is 4.72. The first-order valence-electron chi connectivity index (χ1n) is 2.11. The van der Waals surface area contributed by atoms with Gasteiger partial charge in [0, 0.05) is 0 Å². The van der Waals surface area contributed by atoms with Crippen LogP contribution in [0.2, 0.25) is 0 Å².